The Balaban J connectivity index is 2.92. The molecule has 0 saturated heterocycles. The van der Waals surface area contributed by atoms with Crippen LogP contribution in [0.25, 0.3) is 11.0 Å². The van der Waals surface area contributed by atoms with Crippen molar-refractivity contribution in [3.8, 4) is 0 Å². The maximum absolute atomic E-state index is 11.2. The fraction of sp³-hybridized carbons (Fsp3) is 0.125. The predicted octanol–water partition coefficient (Wildman–Crippen LogP) is 2.15. The molecule has 0 spiro atoms. The van der Waals surface area contributed by atoms with Crippen molar-refractivity contribution in [1.29, 1.82) is 0 Å². The maximum Gasteiger partial charge on any atom is 0.263 e. The van der Waals surface area contributed by atoms with Crippen LogP contribution in [-0.4, -0.2) is 18.0 Å². The smallest absolute Gasteiger partial charge is 0.263 e. The van der Waals surface area contributed by atoms with Gasteiger partial charge in [0.25, 0.3) is 9.05 Å². The first-order valence-corrected chi connectivity index (χ1v) is 6.64. The van der Waals surface area contributed by atoms with Crippen molar-refractivity contribution in [3.05, 3.63) is 23.5 Å². The molecule has 0 fully saturated rings. The number of pyridine rings is 1. The van der Waals surface area contributed by atoms with Gasteiger partial charge in [0, 0.05) is 29.3 Å². The molecule has 0 aliphatic rings. The van der Waals surface area contributed by atoms with Crippen LogP contribution in [-0.2, 0) is 16.1 Å². The molecule has 0 aromatic carbocycles. The zero-order chi connectivity index (χ0) is 11.2. The van der Waals surface area contributed by atoms with Crippen LogP contribution in [0.3, 0.4) is 0 Å². The van der Waals surface area contributed by atoms with Gasteiger partial charge in [-0.1, -0.05) is 11.6 Å². The highest BCUT2D eigenvalue weighted by Gasteiger charge is 2.18. The van der Waals surface area contributed by atoms with Gasteiger partial charge in [-0.25, -0.2) is 13.4 Å². The molecule has 80 valence electrons. The summed E-state index contributed by atoms with van der Waals surface area (Å²) < 4.78 is 24.0. The fourth-order valence-corrected chi connectivity index (χ4v) is 2.61. The zero-order valence-electron chi connectivity index (χ0n) is 7.61. The standard InChI is InChI=1S/C8H6Cl2N2O2S/c1-12-4-6(15(10,13)14)5-2-3-7(9)11-8(5)12/h2-4H,1H3. The number of aromatic nitrogens is 2. The third-order valence-corrected chi connectivity index (χ3v) is 3.57. The summed E-state index contributed by atoms with van der Waals surface area (Å²) in [6, 6.07) is 3.11. The Kier molecular flexibility index (Phi) is 2.41. The number of rotatable bonds is 1. The number of fused-ring (bicyclic) bond motifs is 1. The summed E-state index contributed by atoms with van der Waals surface area (Å²) in [7, 11) is 3.21. The molecule has 0 bridgehead atoms. The minimum Gasteiger partial charge on any atom is -0.334 e. The normalized spacial score (nSPS) is 12.2. The van der Waals surface area contributed by atoms with E-state index >= 15 is 0 Å². The summed E-state index contributed by atoms with van der Waals surface area (Å²) in [4.78, 5) is 4.06. The van der Waals surface area contributed by atoms with Gasteiger partial charge in [0.1, 0.15) is 15.7 Å². The Morgan fingerprint density at radius 1 is 1.40 bits per heavy atom. The van der Waals surface area contributed by atoms with E-state index in [9.17, 15) is 8.42 Å². The molecule has 2 heterocycles. The van der Waals surface area contributed by atoms with Crippen LogP contribution in [0.4, 0.5) is 0 Å². The number of hydrogen-bond donors (Lipinski definition) is 0. The summed E-state index contributed by atoms with van der Waals surface area (Å²) in [5, 5.41) is 0.777. The van der Waals surface area contributed by atoms with Crippen LogP contribution in [0.15, 0.2) is 23.2 Å². The van der Waals surface area contributed by atoms with Crippen LogP contribution in [0, 0.1) is 0 Å². The van der Waals surface area contributed by atoms with Crippen LogP contribution < -0.4 is 0 Å². The van der Waals surface area contributed by atoms with Gasteiger partial charge in [-0.15, -0.1) is 0 Å². The van der Waals surface area contributed by atoms with Crippen LogP contribution in [0.1, 0.15) is 0 Å². The Bertz CT molecular complexity index is 633. The first-order valence-electron chi connectivity index (χ1n) is 3.96. The molecule has 0 saturated carbocycles. The van der Waals surface area contributed by atoms with E-state index in [4.69, 9.17) is 22.3 Å². The third kappa shape index (κ3) is 1.82. The highest BCUT2D eigenvalue weighted by Crippen LogP contribution is 2.27. The molecule has 0 unspecified atom stereocenters. The number of halogens is 2. The minimum absolute atomic E-state index is 0.0471. The van der Waals surface area contributed by atoms with Crippen LogP contribution >= 0.6 is 22.3 Å². The molecule has 0 aliphatic carbocycles. The lowest BCUT2D eigenvalue weighted by molar-refractivity contribution is 0.610. The van der Waals surface area contributed by atoms with Gasteiger partial charge >= 0.3 is 0 Å². The van der Waals surface area contributed by atoms with Crippen molar-refractivity contribution >= 4 is 42.4 Å². The van der Waals surface area contributed by atoms with Gasteiger partial charge in [-0.05, 0) is 12.1 Å². The average molecular weight is 265 g/mol. The molecule has 2 rings (SSSR count). The molecular formula is C8H6Cl2N2O2S. The first-order chi connectivity index (χ1) is 6.89. The van der Waals surface area contributed by atoms with E-state index in [1.165, 1.54) is 12.3 Å². The highest BCUT2D eigenvalue weighted by atomic mass is 35.7. The molecule has 4 nitrogen and oxygen atoms in total. The quantitative estimate of drug-likeness (QED) is 0.586. The van der Waals surface area contributed by atoms with Crippen molar-refractivity contribution in [2.45, 2.75) is 4.90 Å². The molecule has 2 aromatic rings. The first kappa shape index (κ1) is 10.7. The Morgan fingerprint density at radius 2 is 2.07 bits per heavy atom. The van der Waals surface area contributed by atoms with Gasteiger partial charge in [0.2, 0.25) is 0 Å². The van der Waals surface area contributed by atoms with E-state index < -0.39 is 9.05 Å². The molecule has 0 N–H and O–H groups in total. The van der Waals surface area contributed by atoms with Crippen molar-refractivity contribution in [1.82, 2.24) is 9.55 Å². The van der Waals surface area contributed by atoms with Gasteiger partial charge in [0.05, 0.1) is 0 Å². The lowest BCUT2D eigenvalue weighted by atomic mass is 10.3. The molecule has 0 atom stereocenters. The van der Waals surface area contributed by atoms with Crippen molar-refractivity contribution < 1.29 is 8.42 Å². The SMILES string of the molecule is Cn1cc(S(=O)(=O)Cl)c2ccc(Cl)nc21. The second-order valence-electron chi connectivity index (χ2n) is 3.05. The summed E-state index contributed by atoms with van der Waals surface area (Å²) in [5.41, 5.74) is 0.488. The van der Waals surface area contributed by atoms with E-state index in [1.54, 1.807) is 17.7 Å². The topological polar surface area (TPSA) is 52.0 Å². The van der Waals surface area contributed by atoms with E-state index in [-0.39, 0.29) is 4.90 Å². The Labute approximate surface area is 95.9 Å². The second kappa shape index (κ2) is 3.37. The summed E-state index contributed by atoms with van der Waals surface area (Å²) in [6.45, 7) is 0. The molecule has 7 heteroatoms. The molecule has 0 radical (unpaired) electrons. The molecule has 15 heavy (non-hydrogen) atoms. The van der Waals surface area contributed by atoms with Gasteiger partial charge < -0.3 is 4.57 Å². The summed E-state index contributed by atoms with van der Waals surface area (Å²) in [6.07, 6.45) is 1.41. The van der Waals surface area contributed by atoms with Crippen molar-refractivity contribution in [2.24, 2.45) is 7.05 Å². The lowest BCUT2D eigenvalue weighted by Gasteiger charge is -1.94. The molecule has 0 amide bonds. The van der Waals surface area contributed by atoms with Gasteiger partial charge in [0.15, 0.2) is 0 Å². The molecule has 0 aliphatic heterocycles. The van der Waals surface area contributed by atoms with Crippen molar-refractivity contribution in [3.63, 3.8) is 0 Å². The zero-order valence-corrected chi connectivity index (χ0v) is 9.94. The Morgan fingerprint density at radius 3 is 2.67 bits per heavy atom. The molecular weight excluding hydrogens is 259 g/mol. The second-order valence-corrected chi connectivity index (χ2v) is 5.97. The third-order valence-electron chi connectivity index (χ3n) is 2.01. The lowest BCUT2D eigenvalue weighted by Crippen LogP contribution is -1.88. The highest BCUT2D eigenvalue weighted by molar-refractivity contribution is 8.14. The Hall–Kier alpha value is -0.780. The number of nitrogens with zero attached hydrogens (tertiary/aromatic N) is 2. The van der Waals surface area contributed by atoms with Gasteiger partial charge in [-0.3, -0.25) is 0 Å². The van der Waals surface area contributed by atoms with Gasteiger partial charge in [-0.2, -0.15) is 0 Å². The monoisotopic (exact) mass is 264 g/mol. The van der Waals surface area contributed by atoms with E-state index in [0.29, 0.717) is 16.2 Å². The minimum atomic E-state index is -3.75. The maximum atomic E-state index is 11.2. The largest absolute Gasteiger partial charge is 0.334 e. The summed E-state index contributed by atoms with van der Waals surface area (Å²) in [5.74, 6) is 0. The predicted molar refractivity (Wildman–Crippen MR) is 58.8 cm³/mol. The number of hydrogen-bond acceptors (Lipinski definition) is 3. The van der Waals surface area contributed by atoms with Crippen LogP contribution in [0.2, 0.25) is 5.15 Å². The number of aryl methyl sites for hydroxylation is 1. The van der Waals surface area contributed by atoms with E-state index in [0.717, 1.165) is 0 Å². The van der Waals surface area contributed by atoms with E-state index in [2.05, 4.69) is 4.98 Å². The molecule has 2 aromatic heterocycles. The summed E-state index contributed by atoms with van der Waals surface area (Å²) >= 11 is 5.71. The fourth-order valence-electron chi connectivity index (χ4n) is 1.39. The van der Waals surface area contributed by atoms with E-state index in [1.807, 2.05) is 0 Å². The van der Waals surface area contributed by atoms with Crippen molar-refractivity contribution in [2.75, 3.05) is 0 Å². The van der Waals surface area contributed by atoms with Crippen LogP contribution in [0.5, 0.6) is 0 Å². The average Bonchev–Trinajstić information content (AvgIpc) is 2.43.